The smallest absolute Gasteiger partial charge is 0.265 e. The Kier molecular flexibility index (Phi) is 3.15. The predicted octanol–water partition coefficient (Wildman–Crippen LogP) is 2.09. The number of fused-ring (bicyclic) bond motifs is 1. The second-order valence-corrected chi connectivity index (χ2v) is 4.24. The SMILES string of the molecule is C/C(Cl)=C/Cc1c(O)nc2ccccn2c1=O. The quantitative estimate of drug-likeness (QED) is 0.888. The molecule has 0 aliphatic rings. The molecule has 2 aromatic heterocycles. The molecule has 0 bridgehead atoms. The number of allylic oxidation sites excluding steroid dienone is 2. The van der Waals surface area contributed by atoms with E-state index in [4.69, 9.17) is 11.6 Å². The monoisotopic (exact) mass is 250 g/mol. The molecule has 5 heteroatoms. The van der Waals surface area contributed by atoms with Crippen molar-refractivity contribution < 1.29 is 5.11 Å². The minimum atomic E-state index is -0.276. The zero-order valence-electron chi connectivity index (χ0n) is 9.22. The molecule has 0 atom stereocenters. The summed E-state index contributed by atoms with van der Waals surface area (Å²) in [6.07, 6.45) is 3.55. The minimum absolute atomic E-state index is 0.240. The molecule has 0 saturated heterocycles. The van der Waals surface area contributed by atoms with Gasteiger partial charge in [0.1, 0.15) is 5.65 Å². The molecule has 0 unspecified atom stereocenters. The summed E-state index contributed by atoms with van der Waals surface area (Å²) >= 11 is 5.70. The summed E-state index contributed by atoms with van der Waals surface area (Å²) in [6, 6.07) is 5.15. The molecular formula is C12H11ClN2O2. The Morgan fingerprint density at radius 2 is 2.35 bits per heavy atom. The van der Waals surface area contributed by atoms with Crippen LogP contribution in [0.1, 0.15) is 12.5 Å². The summed E-state index contributed by atoms with van der Waals surface area (Å²) in [4.78, 5) is 16.0. The summed E-state index contributed by atoms with van der Waals surface area (Å²) in [7, 11) is 0. The van der Waals surface area contributed by atoms with Gasteiger partial charge in [-0.2, -0.15) is 4.98 Å². The van der Waals surface area contributed by atoms with Gasteiger partial charge in [0.2, 0.25) is 5.88 Å². The molecule has 2 aromatic rings. The van der Waals surface area contributed by atoms with E-state index in [1.54, 1.807) is 37.4 Å². The number of hydrogen-bond acceptors (Lipinski definition) is 3. The molecule has 0 aliphatic heterocycles. The summed E-state index contributed by atoms with van der Waals surface area (Å²) < 4.78 is 1.40. The van der Waals surface area contributed by atoms with E-state index in [2.05, 4.69) is 4.98 Å². The first-order valence-corrected chi connectivity index (χ1v) is 5.49. The van der Waals surface area contributed by atoms with Crippen molar-refractivity contribution in [3.63, 3.8) is 0 Å². The average Bonchev–Trinajstić information content (AvgIpc) is 2.28. The van der Waals surface area contributed by atoms with E-state index in [-0.39, 0.29) is 23.4 Å². The normalized spacial score (nSPS) is 12.0. The fraction of sp³-hybridized carbons (Fsp3) is 0.167. The van der Waals surface area contributed by atoms with E-state index >= 15 is 0 Å². The zero-order valence-corrected chi connectivity index (χ0v) is 9.98. The molecule has 0 spiro atoms. The van der Waals surface area contributed by atoms with Gasteiger partial charge in [-0.1, -0.05) is 23.7 Å². The van der Waals surface area contributed by atoms with Gasteiger partial charge in [0, 0.05) is 17.6 Å². The van der Waals surface area contributed by atoms with Crippen LogP contribution in [0.5, 0.6) is 5.88 Å². The van der Waals surface area contributed by atoms with Crippen LogP contribution in [0.15, 0.2) is 40.3 Å². The van der Waals surface area contributed by atoms with E-state index in [1.165, 1.54) is 4.40 Å². The maximum atomic E-state index is 12.1. The van der Waals surface area contributed by atoms with Crippen molar-refractivity contribution in [1.82, 2.24) is 9.38 Å². The Morgan fingerprint density at radius 3 is 3.06 bits per heavy atom. The van der Waals surface area contributed by atoms with Crippen LogP contribution in [0, 0.1) is 0 Å². The number of nitrogens with zero attached hydrogens (tertiary/aromatic N) is 2. The van der Waals surface area contributed by atoms with Gasteiger partial charge in [-0.25, -0.2) is 0 Å². The molecular weight excluding hydrogens is 240 g/mol. The molecule has 0 fully saturated rings. The molecule has 4 nitrogen and oxygen atoms in total. The van der Waals surface area contributed by atoms with Gasteiger partial charge in [0.05, 0.1) is 5.56 Å². The van der Waals surface area contributed by atoms with E-state index < -0.39 is 0 Å². The third kappa shape index (κ3) is 2.31. The largest absolute Gasteiger partial charge is 0.493 e. The molecule has 17 heavy (non-hydrogen) atoms. The lowest BCUT2D eigenvalue weighted by molar-refractivity contribution is 0.446. The molecule has 1 N–H and O–H groups in total. The Labute approximate surface area is 103 Å². The van der Waals surface area contributed by atoms with Gasteiger partial charge < -0.3 is 5.11 Å². The van der Waals surface area contributed by atoms with Crippen molar-refractivity contribution in [1.29, 1.82) is 0 Å². The lowest BCUT2D eigenvalue weighted by atomic mass is 10.2. The summed E-state index contributed by atoms with van der Waals surface area (Å²) in [5.74, 6) is -0.240. The highest BCUT2D eigenvalue weighted by Gasteiger charge is 2.10. The van der Waals surface area contributed by atoms with E-state index in [9.17, 15) is 9.90 Å². The fourth-order valence-corrected chi connectivity index (χ4v) is 1.61. The lowest BCUT2D eigenvalue weighted by Gasteiger charge is -2.04. The van der Waals surface area contributed by atoms with E-state index in [0.29, 0.717) is 10.7 Å². The fourth-order valence-electron chi connectivity index (χ4n) is 1.54. The maximum Gasteiger partial charge on any atom is 0.265 e. The number of hydrogen-bond donors (Lipinski definition) is 1. The molecule has 88 valence electrons. The van der Waals surface area contributed by atoms with Crippen molar-refractivity contribution in [2.45, 2.75) is 13.3 Å². The van der Waals surface area contributed by atoms with Gasteiger partial charge in [-0.15, -0.1) is 0 Å². The van der Waals surface area contributed by atoms with Crippen LogP contribution in [-0.2, 0) is 6.42 Å². The Bertz CT molecular complexity index is 642. The molecule has 2 rings (SSSR count). The molecule has 2 heterocycles. The Morgan fingerprint density at radius 1 is 1.59 bits per heavy atom. The van der Waals surface area contributed by atoms with Crippen molar-refractivity contribution in [3.8, 4) is 5.88 Å². The summed E-state index contributed by atoms with van der Waals surface area (Å²) in [6.45, 7) is 1.71. The first-order chi connectivity index (χ1) is 8.09. The van der Waals surface area contributed by atoms with Crippen LogP contribution in [0.4, 0.5) is 0 Å². The molecule has 0 aliphatic carbocycles. The van der Waals surface area contributed by atoms with Gasteiger partial charge >= 0.3 is 0 Å². The Balaban J connectivity index is 2.64. The second kappa shape index (κ2) is 4.59. The van der Waals surface area contributed by atoms with Crippen molar-refractivity contribution >= 4 is 17.2 Å². The van der Waals surface area contributed by atoms with Crippen molar-refractivity contribution in [2.24, 2.45) is 0 Å². The topological polar surface area (TPSA) is 54.6 Å². The minimum Gasteiger partial charge on any atom is -0.493 e. The molecule has 0 aromatic carbocycles. The third-order valence-electron chi connectivity index (χ3n) is 2.39. The number of rotatable bonds is 2. The van der Waals surface area contributed by atoms with E-state index in [1.807, 2.05) is 0 Å². The lowest BCUT2D eigenvalue weighted by Crippen LogP contribution is -2.19. The van der Waals surface area contributed by atoms with Crippen molar-refractivity contribution in [2.75, 3.05) is 0 Å². The van der Waals surface area contributed by atoms with Crippen LogP contribution in [0.25, 0.3) is 5.65 Å². The van der Waals surface area contributed by atoms with Crippen LogP contribution >= 0.6 is 11.6 Å². The first-order valence-electron chi connectivity index (χ1n) is 5.11. The highest BCUT2D eigenvalue weighted by Crippen LogP contribution is 2.13. The highest BCUT2D eigenvalue weighted by molar-refractivity contribution is 6.29. The van der Waals surface area contributed by atoms with Gasteiger partial charge in [-0.3, -0.25) is 9.20 Å². The predicted molar refractivity (Wildman–Crippen MR) is 66.4 cm³/mol. The number of aromatic nitrogens is 2. The standard InChI is InChI=1S/C12H11ClN2O2/c1-8(13)5-6-9-11(16)14-10-4-2-3-7-15(10)12(9)17/h2-5,7,16H,6H2,1H3/b8-5-. The highest BCUT2D eigenvalue weighted by atomic mass is 35.5. The van der Waals surface area contributed by atoms with Crippen LogP contribution in [0.2, 0.25) is 0 Å². The van der Waals surface area contributed by atoms with Crippen LogP contribution < -0.4 is 5.56 Å². The number of pyridine rings is 1. The van der Waals surface area contributed by atoms with Gasteiger partial charge in [0.25, 0.3) is 5.56 Å². The van der Waals surface area contributed by atoms with Gasteiger partial charge in [-0.05, 0) is 19.1 Å². The second-order valence-electron chi connectivity index (χ2n) is 3.64. The summed E-state index contributed by atoms with van der Waals surface area (Å²) in [5.41, 5.74) is 0.390. The summed E-state index contributed by atoms with van der Waals surface area (Å²) in [5, 5.41) is 10.3. The number of aromatic hydroxyl groups is 1. The van der Waals surface area contributed by atoms with E-state index in [0.717, 1.165) is 0 Å². The third-order valence-corrected chi connectivity index (χ3v) is 2.55. The zero-order chi connectivity index (χ0) is 12.4. The van der Waals surface area contributed by atoms with Crippen molar-refractivity contribution in [3.05, 3.63) is 51.4 Å². The number of halogens is 1. The molecule has 0 radical (unpaired) electrons. The first kappa shape index (κ1) is 11.7. The van der Waals surface area contributed by atoms with Crippen LogP contribution in [-0.4, -0.2) is 14.5 Å². The van der Waals surface area contributed by atoms with Gasteiger partial charge in [0.15, 0.2) is 0 Å². The molecule has 0 amide bonds. The van der Waals surface area contributed by atoms with Crippen LogP contribution in [0.3, 0.4) is 0 Å². The maximum absolute atomic E-state index is 12.1. The Hall–Kier alpha value is -1.81. The average molecular weight is 251 g/mol. The molecule has 0 saturated carbocycles.